The molecule has 122 valence electrons. The van der Waals surface area contributed by atoms with E-state index in [0.717, 1.165) is 0 Å². The van der Waals surface area contributed by atoms with Gasteiger partial charge in [0, 0.05) is 11.6 Å². The number of hydrogen-bond donors (Lipinski definition) is 1. The van der Waals surface area contributed by atoms with E-state index in [2.05, 4.69) is 4.98 Å². The number of para-hydroxylation sites is 1. The van der Waals surface area contributed by atoms with E-state index in [9.17, 15) is 19.8 Å². The SMILES string of the molecule is N#Cc1c(-c2ccc(F)cc2)cc(-c2ccccc2[N+](=O)[O-])nc1N. The molecule has 0 atom stereocenters. The molecule has 0 aliphatic heterocycles. The van der Waals surface area contributed by atoms with Crippen LogP contribution < -0.4 is 5.73 Å². The van der Waals surface area contributed by atoms with Crippen molar-refractivity contribution in [3.63, 3.8) is 0 Å². The molecule has 0 saturated heterocycles. The summed E-state index contributed by atoms with van der Waals surface area (Å²) < 4.78 is 13.2. The standard InChI is InChI=1S/C18H11FN4O2/c19-12-7-5-11(6-8-12)14-9-16(22-18(21)15(14)10-20)13-3-1-2-4-17(13)23(24)25/h1-9H,(H2,21,22). The van der Waals surface area contributed by atoms with Crippen molar-refractivity contribution in [3.05, 3.63) is 76.1 Å². The van der Waals surface area contributed by atoms with Gasteiger partial charge >= 0.3 is 0 Å². The Morgan fingerprint density at radius 2 is 1.80 bits per heavy atom. The van der Waals surface area contributed by atoms with Gasteiger partial charge in [0.25, 0.3) is 5.69 Å². The quantitative estimate of drug-likeness (QED) is 0.577. The molecule has 0 aliphatic carbocycles. The van der Waals surface area contributed by atoms with Crippen LogP contribution in [0, 0.1) is 27.3 Å². The number of anilines is 1. The molecular weight excluding hydrogens is 323 g/mol. The van der Waals surface area contributed by atoms with Gasteiger partial charge < -0.3 is 5.73 Å². The number of nitrogens with zero attached hydrogens (tertiary/aromatic N) is 3. The molecule has 0 amide bonds. The number of halogens is 1. The van der Waals surface area contributed by atoms with E-state index in [1.54, 1.807) is 24.3 Å². The lowest BCUT2D eigenvalue weighted by Gasteiger charge is -2.10. The molecule has 6 nitrogen and oxygen atoms in total. The summed E-state index contributed by atoms with van der Waals surface area (Å²) in [4.78, 5) is 14.9. The van der Waals surface area contributed by atoms with Crippen molar-refractivity contribution in [1.82, 2.24) is 4.98 Å². The Hall–Kier alpha value is -3.79. The fourth-order valence-corrected chi connectivity index (χ4v) is 2.53. The lowest BCUT2D eigenvalue weighted by molar-refractivity contribution is -0.384. The zero-order valence-electron chi connectivity index (χ0n) is 12.8. The van der Waals surface area contributed by atoms with Gasteiger partial charge in [0.2, 0.25) is 0 Å². The summed E-state index contributed by atoms with van der Waals surface area (Å²) in [5.74, 6) is -0.458. The van der Waals surface area contributed by atoms with Crippen LogP contribution >= 0.6 is 0 Å². The maximum atomic E-state index is 13.2. The molecule has 3 aromatic rings. The molecule has 0 bridgehead atoms. The van der Waals surface area contributed by atoms with Crippen molar-refractivity contribution in [3.8, 4) is 28.5 Å². The van der Waals surface area contributed by atoms with Gasteiger partial charge in [-0.3, -0.25) is 10.1 Å². The third-order valence-corrected chi connectivity index (χ3v) is 3.69. The van der Waals surface area contributed by atoms with Gasteiger partial charge in [0.1, 0.15) is 23.3 Å². The number of nitrogens with two attached hydrogens (primary N) is 1. The topological polar surface area (TPSA) is 106 Å². The Kier molecular flexibility index (Phi) is 4.10. The molecular formula is C18H11FN4O2. The van der Waals surface area contributed by atoms with Gasteiger partial charge in [-0.05, 0) is 29.8 Å². The molecule has 0 spiro atoms. The number of nitro benzene ring substituents is 1. The molecule has 2 aromatic carbocycles. The predicted molar refractivity (Wildman–Crippen MR) is 90.8 cm³/mol. The smallest absolute Gasteiger partial charge is 0.278 e. The average molecular weight is 334 g/mol. The first-order valence-electron chi connectivity index (χ1n) is 7.21. The van der Waals surface area contributed by atoms with Crippen LogP contribution in [0.5, 0.6) is 0 Å². The minimum atomic E-state index is -0.511. The highest BCUT2D eigenvalue weighted by Crippen LogP contribution is 2.34. The molecule has 2 N–H and O–H groups in total. The zero-order valence-corrected chi connectivity index (χ0v) is 12.8. The number of pyridine rings is 1. The predicted octanol–water partition coefficient (Wildman–Crippen LogP) is 3.92. The Bertz CT molecular complexity index is 1010. The highest BCUT2D eigenvalue weighted by atomic mass is 19.1. The van der Waals surface area contributed by atoms with E-state index < -0.39 is 10.7 Å². The van der Waals surface area contributed by atoms with E-state index in [1.165, 1.54) is 30.3 Å². The van der Waals surface area contributed by atoms with Crippen molar-refractivity contribution >= 4 is 11.5 Å². The lowest BCUT2D eigenvalue weighted by atomic mass is 9.98. The molecule has 0 saturated carbocycles. The highest BCUT2D eigenvalue weighted by Gasteiger charge is 2.19. The largest absolute Gasteiger partial charge is 0.383 e. The van der Waals surface area contributed by atoms with E-state index in [4.69, 9.17) is 5.73 Å². The fourth-order valence-electron chi connectivity index (χ4n) is 2.53. The fraction of sp³-hybridized carbons (Fsp3) is 0. The molecule has 0 unspecified atom stereocenters. The van der Waals surface area contributed by atoms with Crippen molar-refractivity contribution in [2.75, 3.05) is 5.73 Å². The van der Waals surface area contributed by atoms with Crippen LogP contribution in [0.3, 0.4) is 0 Å². The summed E-state index contributed by atoms with van der Waals surface area (Å²) in [7, 11) is 0. The molecule has 0 fully saturated rings. The molecule has 1 aromatic heterocycles. The van der Waals surface area contributed by atoms with Gasteiger partial charge in [-0.15, -0.1) is 0 Å². The first kappa shape index (κ1) is 16.1. The van der Waals surface area contributed by atoms with Gasteiger partial charge in [-0.25, -0.2) is 9.37 Å². The second-order valence-corrected chi connectivity index (χ2v) is 5.21. The van der Waals surface area contributed by atoms with Gasteiger partial charge in [-0.2, -0.15) is 5.26 Å². The molecule has 3 rings (SSSR count). The summed E-state index contributed by atoms with van der Waals surface area (Å²) in [5.41, 5.74) is 7.44. The first-order chi connectivity index (χ1) is 12.0. The normalized spacial score (nSPS) is 10.2. The maximum absolute atomic E-state index is 13.2. The van der Waals surface area contributed by atoms with Crippen molar-refractivity contribution in [1.29, 1.82) is 5.26 Å². The van der Waals surface area contributed by atoms with E-state index in [1.807, 2.05) is 6.07 Å². The number of nitrogen functional groups attached to an aromatic ring is 1. The molecule has 0 aliphatic rings. The second-order valence-electron chi connectivity index (χ2n) is 5.21. The summed E-state index contributed by atoms with van der Waals surface area (Å²) in [6.07, 6.45) is 0. The van der Waals surface area contributed by atoms with Crippen LogP contribution in [0.15, 0.2) is 54.6 Å². The Labute approximate surface area is 142 Å². The van der Waals surface area contributed by atoms with E-state index in [0.29, 0.717) is 11.1 Å². The monoisotopic (exact) mass is 334 g/mol. The number of benzene rings is 2. The van der Waals surface area contributed by atoms with E-state index in [-0.39, 0.29) is 28.3 Å². The van der Waals surface area contributed by atoms with E-state index >= 15 is 0 Å². The van der Waals surface area contributed by atoms with Crippen LogP contribution in [0.1, 0.15) is 5.56 Å². The van der Waals surface area contributed by atoms with Gasteiger partial charge in [0.15, 0.2) is 0 Å². The van der Waals surface area contributed by atoms with Crippen LogP contribution in [-0.4, -0.2) is 9.91 Å². The Morgan fingerprint density at radius 3 is 2.44 bits per heavy atom. The van der Waals surface area contributed by atoms with Crippen LogP contribution in [0.2, 0.25) is 0 Å². The van der Waals surface area contributed by atoms with Crippen LogP contribution in [0.4, 0.5) is 15.9 Å². The lowest BCUT2D eigenvalue weighted by Crippen LogP contribution is -2.01. The third kappa shape index (κ3) is 3.01. The minimum Gasteiger partial charge on any atom is -0.383 e. The molecule has 7 heteroatoms. The van der Waals surface area contributed by atoms with Crippen molar-refractivity contribution < 1.29 is 9.31 Å². The molecule has 1 heterocycles. The first-order valence-corrected chi connectivity index (χ1v) is 7.21. The van der Waals surface area contributed by atoms with Crippen LogP contribution in [-0.2, 0) is 0 Å². The maximum Gasteiger partial charge on any atom is 0.278 e. The van der Waals surface area contributed by atoms with Crippen molar-refractivity contribution in [2.24, 2.45) is 0 Å². The highest BCUT2D eigenvalue weighted by molar-refractivity contribution is 5.82. The Morgan fingerprint density at radius 1 is 1.12 bits per heavy atom. The minimum absolute atomic E-state index is 0.0440. The van der Waals surface area contributed by atoms with Crippen molar-refractivity contribution in [2.45, 2.75) is 0 Å². The Balaban J connectivity index is 2.27. The number of hydrogen-bond acceptors (Lipinski definition) is 5. The number of nitriles is 1. The molecule has 0 radical (unpaired) electrons. The average Bonchev–Trinajstić information content (AvgIpc) is 2.61. The number of nitro groups is 1. The summed E-state index contributed by atoms with van der Waals surface area (Å²) in [6.45, 7) is 0. The van der Waals surface area contributed by atoms with Gasteiger partial charge in [-0.1, -0.05) is 24.3 Å². The zero-order chi connectivity index (χ0) is 18.0. The second kappa shape index (κ2) is 6.37. The summed E-state index contributed by atoms with van der Waals surface area (Å²) >= 11 is 0. The summed E-state index contributed by atoms with van der Waals surface area (Å²) in [6, 6.07) is 15.2. The van der Waals surface area contributed by atoms with Crippen LogP contribution in [0.25, 0.3) is 22.4 Å². The number of rotatable bonds is 3. The number of aromatic nitrogens is 1. The van der Waals surface area contributed by atoms with Gasteiger partial charge in [0.05, 0.1) is 16.2 Å². The third-order valence-electron chi connectivity index (χ3n) is 3.69. The summed E-state index contributed by atoms with van der Waals surface area (Å²) in [5, 5.41) is 20.6. The molecule has 25 heavy (non-hydrogen) atoms.